The van der Waals surface area contributed by atoms with Crippen LogP contribution in [0, 0.1) is 0 Å². The predicted octanol–water partition coefficient (Wildman–Crippen LogP) is 0.0801. The number of carbonyl (C=O) groups excluding carboxylic acids is 2. The van der Waals surface area contributed by atoms with Crippen LogP contribution < -0.4 is 5.32 Å². The molecule has 0 aromatic carbocycles. The van der Waals surface area contributed by atoms with Crippen molar-refractivity contribution in [3.05, 3.63) is 47.5 Å². The second kappa shape index (κ2) is 7.25. The molecule has 1 saturated heterocycles. The number of piperazine rings is 1. The van der Waals surface area contributed by atoms with Gasteiger partial charge in [0.2, 0.25) is 11.8 Å². The molecule has 1 unspecified atom stereocenters. The fraction of sp³-hybridized carbons (Fsp3) is 0.444. The van der Waals surface area contributed by atoms with Gasteiger partial charge in [-0.3, -0.25) is 24.6 Å². The van der Waals surface area contributed by atoms with Gasteiger partial charge in [0.25, 0.3) is 0 Å². The Balaban J connectivity index is 1.44. The first-order chi connectivity index (χ1) is 12.7. The smallest absolute Gasteiger partial charge is 0.237 e. The SMILES string of the molecule is O=C1NCCN(Cc2cccnc2)C1CC(=O)N1CCc2[nH]ncc2C1. The van der Waals surface area contributed by atoms with Gasteiger partial charge in [0.1, 0.15) is 0 Å². The number of hydrogen-bond donors (Lipinski definition) is 2. The number of aromatic nitrogens is 3. The van der Waals surface area contributed by atoms with E-state index in [1.165, 1.54) is 0 Å². The van der Waals surface area contributed by atoms with Crippen molar-refractivity contribution in [1.82, 2.24) is 30.3 Å². The molecule has 1 fully saturated rings. The Bertz CT molecular complexity index is 790. The van der Waals surface area contributed by atoms with Crippen LogP contribution in [0.2, 0.25) is 0 Å². The van der Waals surface area contributed by atoms with Crippen LogP contribution in [-0.4, -0.2) is 62.5 Å². The molecule has 2 aliphatic rings. The molecule has 0 saturated carbocycles. The highest BCUT2D eigenvalue weighted by molar-refractivity contribution is 5.89. The monoisotopic (exact) mass is 354 g/mol. The van der Waals surface area contributed by atoms with Crippen molar-refractivity contribution in [2.45, 2.75) is 32.0 Å². The minimum atomic E-state index is -0.442. The average molecular weight is 354 g/mol. The number of pyridine rings is 1. The van der Waals surface area contributed by atoms with Crippen LogP contribution in [0.1, 0.15) is 23.2 Å². The lowest BCUT2D eigenvalue weighted by Gasteiger charge is -2.36. The van der Waals surface area contributed by atoms with Gasteiger partial charge in [0, 0.05) is 62.8 Å². The minimum absolute atomic E-state index is 0.00934. The van der Waals surface area contributed by atoms with E-state index in [9.17, 15) is 9.59 Å². The molecule has 2 aliphatic heterocycles. The van der Waals surface area contributed by atoms with Crippen LogP contribution in [0.15, 0.2) is 30.7 Å². The Morgan fingerprint density at radius 1 is 1.31 bits per heavy atom. The summed E-state index contributed by atoms with van der Waals surface area (Å²) < 4.78 is 0. The fourth-order valence-corrected chi connectivity index (χ4v) is 3.63. The molecule has 4 heterocycles. The molecule has 4 rings (SSSR count). The molecule has 0 bridgehead atoms. The molecule has 0 spiro atoms. The standard InChI is InChI=1S/C18H22N6O2/c25-17(24-6-3-15-14(12-24)10-21-22-15)8-16-18(26)20-5-7-23(16)11-13-2-1-4-19-9-13/h1-2,4,9-10,16H,3,5-8,11-12H2,(H,20,26)(H,21,22). The van der Waals surface area contributed by atoms with E-state index < -0.39 is 6.04 Å². The van der Waals surface area contributed by atoms with E-state index in [1.807, 2.05) is 17.0 Å². The van der Waals surface area contributed by atoms with Gasteiger partial charge < -0.3 is 10.2 Å². The molecule has 2 aromatic rings. The summed E-state index contributed by atoms with van der Waals surface area (Å²) in [6.45, 7) is 3.16. The Morgan fingerprint density at radius 3 is 3.08 bits per heavy atom. The molecule has 0 radical (unpaired) electrons. The molecular formula is C18H22N6O2. The molecule has 2 N–H and O–H groups in total. The van der Waals surface area contributed by atoms with Crippen molar-refractivity contribution >= 4 is 11.8 Å². The summed E-state index contributed by atoms with van der Waals surface area (Å²) >= 11 is 0. The highest BCUT2D eigenvalue weighted by atomic mass is 16.2. The summed E-state index contributed by atoms with van der Waals surface area (Å²) in [5, 5.41) is 9.90. The largest absolute Gasteiger partial charge is 0.353 e. The van der Waals surface area contributed by atoms with Crippen LogP contribution in [-0.2, 0) is 29.1 Å². The Hall–Kier alpha value is -2.74. The number of nitrogens with zero attached hydrogens (tertiary/aromatic N) is 4. The molecule has 0 aliphatic carbocycles. The Morgan fingerprint density at radius 2 is 2.23 bits per heavy atom. The summed E-state index contributed by atoms with van der Waals surface area (Å²) in [6, 6.07) is 3.43. The first-order valence-corrected chi connectivity index (χ1v) is 8.90. The molecule has 2 amide bonds. The van der Waals surface area contributed by atoms with Gasteiger partial charge in [-0.25, -0.2) is 0 Å². The van der Waals surface area contributed by atoms with Crippen LogP contribution in [0.4, 0.5) is 0 Å². The molecule has 2 aromatic heterocycles. The summed E-state index contributed by atoms with van der Waals surface area (Å²) in [6.07, 6.45) is 6.28. The summed E-state index contributed by atoms with van der Waals surface area (Å²) in [5.74, 6) is -0.0652. The van der Waals surface area contributed by atoms with E-state index in [-0.39, 0.29) is 18.2 Å². The molecule has 8 nitrogen and oxygen atoms in total. The number of nitrogens with one attached hydrogen (secondary N) is 2. The van der Waals surface area contributed by atoms with Crippen LogP contribution in [0.25, 0.3) is 0 Å². The van der Waals surface area contributed by atoms with Crippen LogP contribution in [0.3, 0.4) is 0 Å². The highest BCUT2D eigenvalue weighted by Gasteiger charge is 2.33. The van der Waals surface area contributed by atoms with Gasteiger partial charge >= 0.3 is 0 Å². The maximum atomic E-state index is 12.8. The minimum Gasteiger partial charge on any atom is -0.353 e. The van der Waals surface area contributed by atoms with Crippen molar-refractivity contribution < 1.29 is 9.59 Å². The van der Waals surface area contributed by atoms with E-state index in [0.717, 1.165) is 29.8 Å². The third-order valence-corrected chi connectivity index (χ3v) is 5.07. The number of aromatic amines is 1. The predicted molar refractivity (Wildman–Crippen MR) is 93.8 cm³/mol. The van der Waals surface area contributed by atoms with E-state index in [4.69, 9.17) is 0 Å². The lowest BCUT2D eigenvalue weighted by molar-refractivity contribution is -0.139. The molecule has 8 heteroatoms. The van der Waals surface area contributed by atoms with Gasteiger partial charge in [-0.1, -0.05) is 6.07 Å². The first kappa shape index (κ1) is 16.7. The zero-order valence-corrected chi connectivity index (χ0v) is 14.5. The molecule has 1 atom stereocenters. The lowest BCUT2D eigenvalue weighted by atomic mass is 10.0. The second-order valence-electron chi connectivity index (χ2n) is 6.78. The number of amides is 2. The number of fused-ring (bicyclic) bond motifs is 1. The maximum absolute atomic E-state index is 12.8. The third kappa shape index (κ3) is 3.45. The van der Waals surface area contributed by atoms with Gasteiger partial charge in [-0.2, -0.15) is 5.10 Å². The Kier molecular flexibility index (Phi) is 4.66. The average Bonchev–Trinajstić information content (AvgIpc) is 3.13. The summed E-state index contributed by atoms with van der Waals surface area (Å²) in [5.41, 5.74) is 3.20. The quantitative estimate of drug-likeness (QED) is 0.811. The fourth-order valence-electron chi connectivity index (χ4n) is 3.63. The van der Waals surface area contributed by atoms with Gasteiger partial charge in [0.15, 0.2) is 0 Å². The lowest BCUT2D eigenvalue weighted by Crippen LogP contribution is -2.56. The van der Waals surface area contributed by atoms with Crippen molar-refractivity contribution in [3.8, 4) is 0 Å². The molecular weight excluding hydrogens is 332 g/mol. The van der Waals surface area contributed by atoms with Gasteiger partial charge in [-0.15, -0.1) is 0 Å². The summed E-state index contributed by atoms with van der Waals surface area (Å²) in [7, 11) is 0. The number of H-pyrrole nitrogens is 1. The van der Waals surface area contributed by atoms with Gasteiger partial charge in [0.05, 0.1) is 18.7 Å². The van der Waals surface area contributed by atoms with Crippen molar-refractivity contribution in [2.24, 2.45) is 0 Å². The zero-order chi connectivity index (χ0) is 17.9. The number of hydrogen-bond acceptors (Lipinski definition) is 5. The van der Waals surface area contributed by atoms with Crippen molar-refractivity contribution in [1.29, 1.82) is 0 Å². The third-order valence-electron chi connectivity index (χ3n) is 5.07. The Labute approximate surface area is 151 Å². The van der Waals surface area contributed by atoms with Crippen molar-refractivity contribution in [2.75, 3.05) is 19.6 Å². The number of rotatable bonds is 4. The highest BCUT2D eigenvalue weighted by Crippen LogP contribution is 2.19. The van der Waals surface area contributed by atoms with E-state index in [0.29, 0.717) is 26.2 Å². The summed E-state index contributed by atoms with van der Waals surface area (Å²) in [4.78, 5) is 33.3. The maximum Gasteiger partial charge on any atom is 0.237 e. The van der Waals surface area contributed by atoms with E-state index in [2.05, 4.69) is 25.4 Å². The first-order valence-electron chi connectivity index (χ1n) is 8.90. The van der Waals surface area contributed by atoms with E-state index in [1.54, 1.807) is 18.6 Å². The van der Waals surface area contributed by atoms with Crippen molar-refractivity contribution in [3.63, 3.8) is 0 Å². The van der Waals surface area contributed by atoms with E-state index >= 15 is 0 Å². The topological polar surface area (TPSA) is 94.2 Å². The van der Waals surface area contributed by atoms with Gasteiger partial charge in [-0.05, 0) is 11.6 Å². The molecule has 136 valence electrons. The van der Waals surface area contributed by atoms with Crippen LogP contribution >= 0.6 is 0 Å². The molecule has 26 heavy (non-hydrogen) atoms. The number of carbonyl (C=O) groups is 2. The van der Waals surface area contributed by atoms with Crippen LogP contribution in [0.5, 0.6) is 0 Å². The second-order valence-corrected chi connectivity index (χ2v) is 6.78. The zero-order valence-electron chi connectivity index (χ0n) is 14.5. The normalized spacial score (nSPS) is 20.5.